The molecule has 0 aromatic heterocycles. The molecule has 0 aliphatic carbocycles. The smallest absolute Gasteiger partial charge is 0.269 e. The highest BCUT2D eigenvalue weighted by atomic mass is 16.6. The minimum atomic E-state index is -0.442. The first-order valence-corrected chi connectivity index (χ1v) is 11.7. The molecule has 4 bridgehead atoms. The van der Waals surface area contributed by atoms with E-state index in [0.29, 0.717) is 56.4 Å². The molecule has 182 valence electrons. The Kier molecular flexibility index (Phi) is 8.53. The van der Waals surface area contributed by atoms with Crippen LogP contribution in [0.4, 0.5) is 17.1 Å². The van der Waals surface area contributed by atoms with Gasteiger partial charge in [-0.05, 0) is 48.2 Å². The van der Waals surface area contributed by atoms with Crippen LogP contribution >= 0.6 is 0 Å². The summed E-state index contributed by atoms with van der Waals surface area (Å²) < 4.78 is 11.7. The lowest BCUT2D eigenvalue weighted by atomic mass is 10.0. The first kappa shape index (κ1) is 24.2. The molecule has 0 saturated carbocycles. The Bertz CT molecular complexity index is 943. The van der Waals surface area contributed by atoms with E-state index in [9.17, 15) is 15.2 Å². The van der Waals surface area contributed by atoms with E-state index in [1.54, 1.807) is 12.1 Å². The number of nitro benzene ring substituents is 1. The zero-order valence-corrected chi connectivity index (χ0v) is 19.3. The molecule has 1 N–H and O–H groups in total. The number of phenols is 1. The number of hydrogen-bond donors (Lipinski definition) is 1. The van der Waals surface area contributed by atoms with Crippen molar-refractivity contribution in [3.8, 4) is 5.75 Å². The standard InChI is InChI=1S/C24H31N5O5/c30-24-19-5-7-27-9-13-33-15-11-28(12-16-34-14-10-27)8-6-20(24)18-22(17-19)26-25-21-1-3-23(4-2-21)29(31)32/h1-4,17-18,30H,5-16H2. The molecule has 0 spiro atoms. The normalized spacial score (nSPS) is 22.5. The highest BCUT2D eigenvalue weighted by Crippen LogP contribution is 2.31. The van der Waals surface area contributed by atoms with E-state index in [2.05, 4.69) is 20.0 Å². The monoisotopic (exact) mass is 469 g/mol. The summed E-state index contributed by atoms with van der Waals surface area (Å²) in [6, 6.07) is 9.70. The summed E-state index contributed by atoms with van der Waals surface area (Å²) in [4.78, 5) is 15.0. The van der Waals surface area contributed by atoms with Crippen LogP contribution in [0.2, 0.25) is 0 Å². The maximum Gasteiger partial charge on any atom is 0.269 e. The lowest BCUT2D eigenvalue weighted by Gasteiger charge is -2.27. The van der Waals surface area contributed by atoms with Gasteiger partial charge in [-0.15, -0.1) is 0 Å². The van der Waals surface area contributed by atoms with Gasteiger partial charge in [0, 0.05) is 51.4 Å². The largest absolute Gasteiger partial charge is 0.507 e. The Labute approximate surface area is 198 Å². The summed E-state index contributed by atoms with van der Waals surface area (Å²) in [5.74, 6) is 0.329. The fourth-order valence-electron chi connectivity index (χ4n) is 4.14. The van der Waals surface area contributed by atoms with Gasteiger partial charge >= 0.3 is 0 Å². The lowest BCUT2D eigenvalue weighted by Crippen LogP contribution is -2.37. The minimum Gasteiger partial charge on any atom is -0.507 e. The topological polar surface area (TPSA) is 113 Å². The Morgan fingerprint density at radius 3 is 1.71 bits per heavy atom. The van der Waals surface area contributed by atoms with Crippen molar-refractivity contribution in [1.29, 1.82) is 0 Å². The molecule has 0 amide bonds. The van der Waals surface area contributed by atoms with Crippen LogP contribution in [-0.4, -0.2) is 85.5 Å². The number of azo groups is 1. The maximum absolute atomic E-state index is 11.0. The van der Waals surface area contributed by atoms with Gasteiger partial charge in [0.05, 0.1) is 42.7 Å². The van der Waals surface area contributed by atoms with Crippen LogP contribution in [0.3, 0.4) is 0 Å². The Morgan fingerprint density at radius 1 is 0.765 bits per heavy atom. The van der Waals surface area contributed by atoms with Crippen molar-refractivity contribution in [2.45, 2.75) is 12.8 Å². The molecule has 3 heterocycles. The highest BCUT2D eigenvalue weighted by Gasteiger charge is 2.16. The van der Waals surface area contributed by atoms with Gasteiger partial charge in [-0.25, -0.2) is 0 Å². The number of nitrogens with zero attached hydrogens (tertiary/aromatic N) is 5. The Hall–Kier alpha value is -2.92. The van der Waals surface area contributed by atoms with Crippen LogP contribution in [0.25, 0.3) is 0 Å². The van der Waals surface area contributed by atoms with Gasteiger partial charge in [-0.2, -0.15) is 10.2 Å². The number of non-ortho nitro benzene ring substituents is 1. The molecule has 10 heteroatoms. The number of phenolic OH excluding ortho intramolecular Hbond substituents is 1. The number of nitro groups is 1. The molecule has 0 unspecified atom stereocenters. The molecule has 34 heavy (non-hydrogen) atoms. The summed E-state index contributed by atoms with van der Waals surface area (Å²) in [6.45, 7) is 7.51. The average molecular weight is 470 g/mol. The zero-order valence-electron chi connectivity index (χ0n) is 19.3. The predicted octanol–water partition coefficient (Wildman–Crippen LogP) is 3.47. The van der Waals surface area contributed by atoms with Crippen molar-refractivity contribution in [2.75, 3.05) is 65.7 Å². The second-order valence-electron chi connectivity index (χ2n) is 8.49. The van der Waals surface area contributed by atoms with E-state index in [0.717, 1.165) is 50.4 Å². The fraction of sp³-hybridized carbons (Fsp3) is 0.500. The van der Waals surface area contributed by atoms with Crippen LogP contribution < -0.4 is 0 Å². The SMILES string of the molecule is O=[N+]([O-])c1ccc(N=Nc2cc3c(O)c(c2)CCN2CCOCCN(CCOCC2)CC3)cc1. The van der Waals surface area contributed by atoms with Crippen LogP contribution in [0.1, 0.15) is 11.1 Å². The van der Waals surface area contributed by atoms with Crippen molar-refractivity contribution >= 4 is 17.1 Å². The molecular weight excluding hydrogens is 438 g/mol. The summed E-state index contributed by atoms with van der Waals surface area (Å²) in [5, 5.41) is 30.5. The molecule has 2 aromatic rings. The highest BCUT2D eigenvalue weighted by molar-refractivity contribution is 5.53. The Balaban J connectivity index is 1.60. The summed E-state index contributed by atoms with van der Waals surface area (Å²) in [5.41, 5.74) is 2.87. The van der Waals surface area contributed by atoms with Gasteiger partial charge in [0.2, 0.25) is 0 Å². The third kappa shape index (κ3) is 6.80. The molecular formula is C24H31N5O5. The van der Waals surface area contributed by atoms with Crippen molar-refractivity contribution in [3.63, 3.8) is 0 Å². The van der Waals surface area contributed by atoms with Gasteiger partial charge in [0.1, 0.15) is 5.75 Å². The summed E-state index contributed by atoms with van der Waals surface area (Å²) in [6.07, 6.45) is 1.34. The van der Waals surface area contributed by atoms with Crippen LogP contribution in [-0.2, 0) is 22.3 Å². The lowest BCUT2D eigenvalue weighted by molar-refractivity contribution is -0.384. The van der Waals surface area contributed by atoms with E-state index >= 15 is 0 Å². The van der Waals surface area contributed by atoms with Crippen LogP contribution in [0.5, 0.6) is 5.75 Å². The van der Waals surface area contributed by atoms with Crippen molar-refractivity contribution < 1.29 is 19.5 Å². The molecule has 5 rings (SSSR count). The quantitative estimate of drug-likeness (QED) is 0.416. The molecule has 1 saturated heterocycles. The molecule has 2 aromatic carbocycles. The molecule has 10 nitrogen and oxygen atoms in total. The van der Waals surface area contributed by atoms with Crippen molar-refractivity contribution in [1.82, 2.24) is 9.80 Å². The van der Waals surface area contributed by atoms with Crippen LogP contribution in [0, 0.1) is 10.1 Å². The number of fused-ring (bicyclic) bond motifs is 10. The molecule has 3 aliphatic rings. The number of benzene rings is 2. The van der Waals surface area contributed by atoms with Gasteiger partial charge < -0.3 is 14.6 Å². The molecule has 3 aliphatic heterocycles. The number of hydrogen-bond acceptors (Lipinski definition) is 9. The molecule has 0 radical (unpaired) electrons. The zero-order chi connectivity index (χ0) is 23.8. The van der Waals surface area contributed by atoms with Gasteiger partial charge in [-0.1, -0.05) is 0 Å². The average Bonchev–Trinajstić information content (AvgIpc) is 2.83. The second kappa shape index (κ2) is 12.0. The first-order chi connectivity index (χ1) is 16.6. The van der Waals surface area contributed by atoms with E-state index in [1.165, 1.54) is 12.1 Å². The number of rotatable bonds is 3. The van der Waals surface area contributed by atoms with E-state index in [1.807, 2.05) is 12.1 Å². The van der Waals surface area contributed by atoms with E-state index in [4.69, 9.17) is 9.47 Å². The van der Waals surface area contributed by atoms with Gasteiger partial charge in [0.15, 0.2) is 0 Å². The summed E-state index contributed by atoms with van der Waals surface area (Å²) in [7, 11) is 0. The van der Waals surface area contributed by atoms with Gasteiger partial charge in [0.25, 0.3) is 5.69 Å². The Morgan fingerprint density at radius 2 is 1.24 bits per heavy atom. The predicted molar refractivity (Wildman–Crippen MR) is 127 cm³/mol. The third-order valence-corrected chi connectivity index (χ3v) is 6.20. The molecule has 0 atom stereocenters. The van der Waals surface area contributed by atoms with Crippen LogP contribution in [0.15, 0.2) is 46.6 Å². The first-order valence-electron chi connectivity index (χ1n) is 11.7. The van der Waals surface area contributed by atoms with E-state index < -0.39 is 4.92 Å². The molecule has 1 fully saturated rings. The fourth-order valence-corrected chi connectivity index (χ4v) is 4.14. The van der Waals surface area contributed by atoms with E-state index in [-0.39, 0.29) is 5.69 Å². The number of aromatic hydroxyl groups is 1. The summed E-state index contributed by atoms with van der Waals surface area (Å²) >= 11 is 0. The van der Waals surface area contributed by atoms with Crippen molar-refractivity contribution in [2.24, 2.45) is 10.2 Å². The minimum absolute atomic E-state index is 0.0133. The second-order valence-corrected chi connectivity index (χ2v) is 8.49. The van der Waals surface area contributed by atoms with Crippen molar-refractivity contribution in [3.05, 3.63) is 57.6 Å². The number of ether oxygens (including phenoxy) is 2. The third-order valence-electron chi connectivity index (χ3n) is 6.20. The maximum atomic E-state index is 11.0. The van der Waals surface area contributed by atoms with Gasteiger partial charge in [-0.3, -0.25) is 19.9 Å².